The van der Waals surface area contributed by atoms with Crippen LogP contribution in [-0.4, -0.2) is 13.2 Å². The highest BCUT2D eigenvalue weighted by Gasteiger charge is 2.50. The van der Waals surface area contributed by atoms with Crippen LogP contribution in [0.5, 0.6) is 0 Å². The minimum Gasteiger partial charge on any atom is -0.381 e. The van der Waals surface area contributed by atoms with Crippen LogP contribution in [0.4, 0.5) is 0 Å². The van der Waals surface area contributed by atoms with Gasteiger partial charge < -0.3 is 4.74 Å². The maximum absolute atomic E-state index is 5.34. The lowest BCUT2D eigenvalue weighted by Crippen LogP contribution is -2.50. The van der Waals surface area contributed by atoms with Crippen LogP contribution in [0.15, 0.2) is 0 Å². The minimum absolute atomic E-state index is 0.631. The normalized spacial score (nSPS) is 37.7. The van der Waals surface area contributed by atoms with Crippen LogP contribution in [0.1, 0.15) is 32.1 Å². The molecule has 2 fully saturated rings. The van der Waals surface area contributed by atoms with E-state index in [0.717, 1.165) is 0 Å². The molecule has 52 valence electrons. The topological polar surface area (TPSA) is 9.23 Å². The molecule has 0 bridgehead atoms. The summed E-state index contributed by atoms with van der Waals surface area (Å²) in [5.74, 6) is 0. The molecule has 0 aromatic carbocycles. The molecule has 0 N–H and O–H groups in total. The Hall–Kier alpha value is -0.0400. The second-order valence-electron chi connectivity index (χ2n) is 3.48. The summed E-state index contributed by atoms with van der Waals surface area (Å²) in [4.78, 5) is 0. The highest BCUT2D eigenvalue weighted by molar-refractivity contribution is 5.01. The molecule has 0 heterocycles. The van der Waals surface area contributed by atoms with Gasteiger partial charge in [-0.25, -0.2) is 0 Å². The lowest BCUT2D eigenvalue weighted by atomic mass is 9.54. The number of rotatable bonds is 1. The van der Waals surface area contributed by atoms with Crippen molar-refractivity contribution >= 4 is 0 Å². The van der Waals surface area contributed by atoms with Crippen molar-refractivity contribution in [2.75, 3.05) is 7.11 Å². The third kappa shape index (κ3) is 0.586. The monoisotopic (exact) mass is 126 g/mol. The van der Waals surface area contributed by atoms with Crippen LogP contribution in [-0.2, 0) is 4.74 Å². The van der Waals surface area contributed by atoms with Gasteiger partial charge in [-0.15, -0.1) is 0 Å². The first-order valence-corrected chi connectivity index (χ1v) is 3.90. The van der Waals surface area contributed by atoms with Gasteiger partial charge in [-0.2, -0.15) is 0 Å². The average Bonchev–Trinajstić information content (AvgIpc) is 1.59. The summed E-state index contributed by atoms with van der Waals surface area (Å²) in [6.07, 6.45) is 7.70. The lowest BCUT2D eigenvalue weighted by Gasteiger charge is -2.55. The molecular weight excluding hydrogens is 112 g/mol. The van der Waals surface area contributed by atoms with Crippen LogP contribution >= 0.6 is 0 Å². The van der Waals surface area contributed by atoms with E-state index in [9.17, 15) is 0 Å². The molecule has 0 aromatic rings. The summed E-state index contributed by atoms with van der Waals surface area (Å²) < 4.78 is 5.34. The third-order valence-corrected chi connectivity index (χ3v) is 3.22. The predicted molar refractivity (Wildman–Crippen MR) is 36.3 cm³/mol. The Labute approximate surface area is 56.4 Å². The highest BCUT2D eigenvalue weighted by atomic mass is 16.5. The van der Waals surface area contributed by atoms with Gasteiger partial charge in [-0.1, -0.05) is 6.42 Å². The first-order chi connectivity index (χ1) is 4.37. The van der Waals surface area contributed by atoms with Crippen molar-refractivity contribution in [1.29, 1.82) is 0 Å². The fourth-order valence-electron chi connectivity index (χ4n) is 2.24. The van der Waals surface area contributed by atoms with Gasteiger partial charge in [0.25, 0.3) is 0 Å². The fraction of sp³-hybridized carbons (Fsp3) is 1.00. The van der Waals surface area contributed by atoms with E-state index in [4.69, 9.17) is 4.74 Å². The van der Waals surface area contributed by atoms with Gasteiger partial charge >= 0.3 is 0 Å². The van der Waals surface area contributed by atoms with Gasteiger partial charge in [0, 0.05) is 7.11 Å². The smallest absolute Gasteiger partial charge is 0.0627 e. The van der Waals surface area contributed by atoms with Gasteiger partial charge in [0.1, 0.15) is 0 Å². The summed E-state index contributed by atoms with van der Waals surface area (Å²) in [5.41, 5.74) is 0.689. The van der Waals surface area contributed by atoms with E-state index in [-0.39, 0.29) is 0 Å². The van der Waals surface area contributed by atoms with E-state index in [1.165, 1.54) is 32.1 Å². The lowest BCUT2D eigenvalue weighted by molar-refractivity contribution is -0.135. The number of ether oxygens (including phenoxy) is 1. The molecule has 0 aromatic heterocycles. The summed E-state index contributed by atoms with van der Waals surface area (Å²) >= 11 is 0. The largest absolute Gasteiger partial charge is 0.381 e. The molecule has 1 nitrogen and oxygen atoms in total. The molecule has 2 saturated carbocycles. The van der Waals surface area contributed by atoms with Crippen molar-refractivity contribution in [3.63, 3.8) is 0 Å². The zero-order valence-electron chi connectivity index (χ0n) is 6.02. The molecule has 2 rings (SSSR count). The van der Waals surface area contributed by atoms with Crippen LogP contribution in [0.25, 0.3) is 0 Å². The summed E-state index contributed by atoms with van der Waals surface area (Å²) in [5, 5.41) is 0. The van der Waals surface area contributed by atoms with Gasteiger partial charge in [0.15, 0.2) is 0 Å². The summed E-state index contributed by atoms with van der Waals surface area (Å²) in [6.45, 7) is 0. The van der Waals surface area contributed by atoms with Crippen LogP contribution in [0.3, 0.4) is 0 Å². The van der Waals surface area contributed by atoms with Crippen molar-refractivity contribution in [3.05, 3.63) is 0 Å². The Balaban J connectivity index is 1.97. The molecule has 2 aliphatic rings. The standard InChI is InChI=1S/C8H14O/c1-9-7-3-6-8(7)4-2-5-8/h7H,2-6H2,1H3/t7-/m1/s1. The number of methoxy groups -OCH3 is 1. The van der Waals surface area contributed by atoms with E-state index in [1.807, 2.05) is 7.11 Å². The first kappa shape index (κ1) is 5.72. The first-order valence-electron chi connectivity index (χ1n) is 3.90. The maximum Gasteiger partial charge on any atom is 0.0627 e. The van der Waals surface area contributed by atoms with E-state index >= 15 is 0 Å². The predicted octanol–water partition coefficient (Wildman–Crippen LogP) is 1.97. The summed E-state index contributed by atoms with van der Waals surface area (Å²) in [7, 11) is 1.85. The Morgan fingerprint density at radius 2 is 2.11 bits per heavy atom. The Bertz CT molecular complexity index is 108. The molecule has 0 saturated heterocycles. The van der Waals surface area contributed by atoms with Crippen molar-refractivity contribution in [2.24, 2.45) is 5.41 Å². The molecular formula is C8H14O. The third-order valence-electron chi connectivity index (χ3n) is 3.22. The van der Waals surface area contributed by atoms with Crippen molar-refractivity contribution in [3.8, 4) is 0 Å². The fourth-order valence-corrected chi connectivity index (χ4v) is 2.24. The number of hydrogen-bond donors (Lipinski definition) is 0. The van der Waals surface area contributed by atoms with Crippen molar-refractivity contribution in [2.45, 2.75) is 38.2 Å². The molecule has 0 aliphatic heterocycles. The number of hydrogen-bond acceptors (Lipinski definition) is 1. The van der Waals surface area contributed by atoms with Crippen molar-refractivity contribution in [1.82, 2.24) is 0 Å². The average molecular weight is 126 g/mol. The maximum atomic E-state index is 5.34. The van der Waals surface area contributed by atoms with Crippen LogP contribution in [0, 0.1) is 5.41 Å². The Morgan fingerprint density at radius 1 is 1.33 bits per heavy atom. The summed E-state index contributed by atoms with van der Waals surface area (Å²) in [6, 6.07) is 0. The van der Waals surface area contributed by atoms with Gasteiger partial charge in [0.05, 0.1) is 6.10 Å². The zero-order valence-corrected chi connectivity index (χ0v) is 6.02. The van der Waals surface area contributed by atoms with E-state index in [0.29, 0.717) is 11.5 Å². The van der Waals surface area contributed by atoms with Gasteiger partial charge in [-0.05, 0) is 31.1 Å². The SMILES string of the molecule is CO[C@@H]1CCC12CCC2. The second kappa shape index (κ2) is 1.72. The van der Waals surface area contributed by atoms with Crippen LogP contribution < -0.4 is 0 Å². The van der Waals surface area contributed by atoms with Gasteiger partial charge in [-0.3, -0.25) is 0 Å². The molecule has 0 amide bonds. The molecule has 0 unspecified atom stereocenters. The van der Waals surface area contributed by atoms with E-state index in [1.54, 1.807) is 0 Å². The molecule has 2 aliphatic carbocycles. The minimum atomic E-state index is 0.631. The highest BCUT2D eigenvalue weighted by Crippen LogP contribution is 2.56. The molecule has 9 heavy (non-hydrogen) atoms. The Morgan fingerprint density at radius 3 is 2.22 bits per heavy atom. The van der Waals surface area contributed by atoms with Crippen LogP contribution in [0.2, 0.25) is 0 Å². The molecule has 0 radical (unpaired) electrons. The zero-order chi connectivity index (χ0) is 6.32. The van der Waals surface area contributed by atoms with E-state index < -0.39 is 0 Å². The van der Waals surface area contributed by atoms with Crippen molar-refractivity contribution < 1.29 is 4.74 Å². The Kier molecular flexibility index (Phi) is 1.10. The molecule has 1 heteroatoms. The molecule has 1 spiro atoms. The molecule has 1 atom stereocenters. The van der Waals surface area contributed by atoms with Gasteiger partial charge in [0.2, 0.25) is 0 Å². The second-order valence-corrected chi connectivity index (χ2v) is 3.48. The quantitative estimate of drug-likeness (QED) is 0.522. The van der Waals surface area contributed by atoms with E-state index in [2.05, 4.69) is 0 Å².